The maximum absolute atomic E-state index is 14.5. The molecule has 2 bridgehead atoms. The van der Waals surface area contributed by atoms with Crippen LogP contribution in [0.3, 0.4) is 0 Å². The molecule has 2 saturated heterocycles. The minimum atomic E-state index is -0.683. The number of benzene rings is 2. The van der Waals surface area contributed by atoms with E-state index < -0.39 is 23.1 Å². The van der Waals surface area contributed by atoms with E-state index in [1.807, 2.05) is 0 Å². The smallest absolute Gasteiger partial charge is 0.287 e. The van der Waals surface area contributed by atoms with Crippen LogP contribution in [-0.2, 0) is 11.3 Å². The molecule has 0 radical (unpaired) electrons. The second-order valence-corrected chi connectivity index (χ2v) is 9.03. The number of aromatic amines is 1. The summed E-state index contributed by atoms with van der Waals surface area (Å²) in [7, 11) is 0. The van der Waals surface area contributed by atoms with E-state index in [9.17, 15) is 18.4 Å². The van der Waals surface area contributed by atoms with Crippen LogP contribution in [0.1, 0.15) is 41.9 Å². The van der Waals surface area contributed by atoms with Gasteiger partial charge in [0.1, 0.15) is 11.2 Å². The number of carbonyl (C=O) groups is 1. The van der Waals surface area contributed by atoms with Gasteiger partial charge in [-0.15, -0.1) is 0 Å². The third kappa shape index (κ3) is 4.50. The molecule has 0 spiro atoms. The van der Waals surface area contributed by atoms with E-state index >= 15 is 0 Å². The molecule has 2 aliphatic rings. The van der Waals surface area contributed by atoms with Crippen LogP contribution in [0, 0.1) is 17.6 Å². The molecule has 3 aromatic rings. The van der Waals surface area contributed by atoms with Crippen LogP contribution in [-0.4, -0.2) is 34.7 Å². The number of rotatable bonds is 7. The molecule has 10 heteroatoms. The predicted octanol–water partition coefficient (Wildman–Crippen LogP) is 4.12. The van der Waals surface area contributed by atoms with Gasteiger partial charge in [0, 0.05) is 6.54 Å². The number of nitrogens with one attached hydrogen (secondary N) is 2. The lowest BCUT2D eigenvalue weighted by molar-refractivity contribution is 0.0884. The molecule has 3 atom stereocenters. The van der Waals surface area contributed by atoms with Crippen LogP contribution in [0.15, 0.2) is 35.1 Å². The number of fused-ring (bicyclic) bond motifs is 3. The zero-order valence-electron chi connectivity index (χ0n) is 18.1. The van der Waals surface area contributed by atoms with Crippen molar-refractivity contribution >= 4 is 28.4 Å². The fourth-order valence-corrected chi connectivity index (χ4v) is 4.90. The highest BCUT2D eigenvalue weighted by atomic mass is 35.5. The second kappa shape index (κ2) is 9.31. The fraction of sp³-hybridized carbons (Fsp3) is 0.375. The lowest BCUT2D eigenvalue weighted by Crippen LogP contribution is -2.27. The Morgan fingerprint density at radius 1 is 1.24 bits per heavy atom. The molecular weight excluding hydrogens is 468 g/mol. The third-order valence-corrected chi connectivity index (χ3v) is 6.69. The Morgan fingerprint density at radius 3 is 2.79 bits per heavy atom. The van der Waals surface area contributed by atoms with E-state index in [1.165, 1.54) is 24.3 Å². The van der Waals surface area contributed by atoms with Gasteiger partial charge in [-0.1, -0.05) is 17.7 Å². The lowest BCUT2D eigenvalue weighted by Gasteiger charge is -2.18. The summed E-state index contributed by atoms with van der Waals surface area (Å²) in [5.41, 5.74) is 0.0256. The van der Waals surface area contributed by atoms with Crippen molar-refractivity contribution in [2.75, 3.05) is 6.61 Å². The van der Waals surface area contributed by atoms with Gasteiger partial charge in [-0.25, -0.2) is 13.8 Å². The molecule has 2 aromatic carbocycles. The van der Waals surface area contributed by atoms with Gasteiger partial charge < -0.3 is 19.8 Å². The number of ether oxygens (including phenoxy) is 2. The van der Waals surface area contributed by atoms with Crippen molar-refractivity contribution in [2.45, 2.75) is 44.4 Å². The number of aromatic nitrogens is 2. The van der Waals surface area contributed by atoms with Gasteiger partial charge in [0.15, 0.2) is 17.4 Å². The number of H-pyrrole nitrogens is 1. The molecule has 2 N–H and O–H groups in total. The van der Waals surface area contributed by atoms with Crippen LogP contribution >= 0.6 is 11.6 Å². The number of hydrogen-bond acceptors (Lipinski definition) is 5. The summed E-state index contributed by atoms with van der Waals surface area (Å²) < 4.78 is 39.4. The van der Waals surface area contributed by atoms with E-state index in [1.54, 1.807) is 0 Å². The van der Waals surface area contributed by atoms with Crippen LogP contribution < -0.4 is 15.6 Å². The van der Waals surface area contributed by atoms with Crippen molar-refractivity contribution < 1.29 is 23.0 Å². The molecule has 1 amide bonds. The van der Waals surface area contributed by atoms with Crippen molar-refractivity contribution in [3.63, 3.8) is 0 Å². The Balaban J connectivity index is 1.30. The maximum atomic E-state index is 14.5. The Kier molecular flexibility index (Phi) is 6.22. The third-order valence-electron chi connectivity index (χ3n) is 6.40. The molecular formula is C24H22ClF2N3O4. The van der Waals surface area contributed by atoms with Gasteiger partial charge >= 0.3 is 0 Å². The normalized spacial score (nSPS) is 21.2. The maximum Gasteiger partial charge on any atom is 0.287 e. The average Bonchev–Trinajstić information content (AvgIpc) is 3.44. The number of amides is 1. The molecule has 3 heterocycles. The van der Waals surface area contributed by atoms with Gasteiger partial charge in [-0.2, -0.15) is 0 Å². The first-order valence-corrected chi connectivity index (χ1v) is 11.5. The Bertz CT molecular complexity index is 1320. The van der Waals surface area contributed by atoms with Crippen molar-refractivity contribution in [2.24, 2.45) is 5.92 Å². The van der Waals surface area contributed by atoms with Crippen LogP contribution in [0.5, 0.6) is 5.75 Å². The van der Waals surface area contributed by atoms with Crippen LogP contribution in [0.4, 0.5) is 8.78 Å². The van der Waals surface area contributed by atoms with Crippen LogP contribution in [0.25, 0.3) is 10.9 Å². The first-order valence-electron chi connectivity index (χ1n) is 11.1. The van der Waals surface area contributed by atoms with E-state index in [0.29, 0.717) is 24.0 Å². The standard InChI is InChI=1S/C24H22ClF2N3O4/c25-15-9-12(1-3-16(15)26)11-28-24(32)22-29-18-5-4-17(27)21(20(18)23(31)30-22)33-8-7-13-10-14-2-6-19(13)34-14/h1,3-5,9,13-14,19H,2,6-8,10-11H2,(H,28,32)(H,29,30,31). The first-order chi connectivity index (χ1) is 16.4. The first kappa shape index (κ1) is 22.7. The molecule has 34 heavy (non-hydrogen) atoms. The van der Waals surface area contributed by atoms with E-state index in [-0.39, 0.29) is 46.8 Å². The highest BCUT2D eigenvalue weighted by molar-refractivity contribution is 6.30. The zero-order valence-corrected chi connectivity index (χ0v) is 18.8. The summed E-state index contributed by atoms with van der Waals surface area (Å²) in [4.78, 5) is 31.9. The topological polar surface area (TPSA) is 93.3 Å². The van der Waals surface area contributed by atoms with E-state index in [0.717, 1.165) is 25.3 Å². The summed E-state index contributed by atoms with van der Waals surface area (Å²) in [6, 6.07) is 6.55. The van der Waals surface area contributed by atoms with Crippen molar-refractivity contribution in [1.29, 1.82) is 0 Å². The minimum absolute atomic E-state index is 0.0467. The molecule has 2 fully saturated rings. The molecule has 3 unspecified atom stereocenters. The number of hydrogen-bond donors (Lipinski definition) is 2. The Labute approximate surface area is 198 Å². The summed E-state index contributed by atoms with van der Waals surface area (Å²) in [5.74, 6) is -1.92. The molecule has 2 aliphatic heterocycles. The number of carbonyl (C=O) groups excluding carboxylic acids is 1. The largest absolute Gasteiger partial charge is 0.490 e. The molecule has 0 aliphatic carbocycles. The highest BCUT2D eigenvalue weighted by Crippen LogP contribution is 2.40. The molecule has 178 valence electrons. The predicted molar refractivity (Wildman–Crippen MR) is 121 cm³/mol. The molecule has 0 saturated carbocycles. The van der Waals surface area contributed by atoms with E-state index in [2.05, 4.69) is 15.3 Å². The molecule has 7 nitrogen and oxygen atoms in total. The summed E-state index contributed by atoms with van der Waals surface area (Å²) in [6.45, 7) is 0.292. The Morgan fingerprint density at radius 2 is 2.06 bits per heavy atom. The second-order valence-electron chi connectivity index (χ2n) is 8.62. The van der Waals surface area contributed by atoms with Gasteiger partial charge in [0.25, 0.3) is 11.5 Å². The van der Waals surface area contributed by atoms with Gasteiger partial charge in [0.2, 0.25) is 0 Å². The minimum Gasteiger partial charge on any atom is -0.490 e. The van der Waals surface area contributed by atoms with Crippen molar-refractivity contribution in [3.8, 4) is 5.75 Å². The Hall–Kier alpha value is -3.04. The molecule has 5 rings (SSSR count). The quantitative estimate of drug-likeness (QED) is 0.520. The summed E-state index contributed by atoms with van der Waals surface area (Å²) >= 11 is 5.75. The number of nitrogens with zero attached hydrogens (tertiary/aromatic N) is 1. The van der Waals surface area contributed by atoms with E-state index in [4.69, 9.17) is 21.1 Å². The summed E-state index contributed by atoms with van der Waals surface area (Å²) in [6.07, 6.45) is 4.38. The number of halogens is 3. The lowest BCUT2D eigenvalue weighted by atomic mass is 9.87. The average molecular weight is 490 g/mol. The highest BCUT2D eigenvalue weighted by Gasteiger charge is 2.40. The summed E-state index contributed by atoms with van der Waals surface area (Å²) in [5, 5.41) is 2.48. The molecule has 1 aromatic heterocycles. The fourth-order valence-electron chi connectivity index (χ4n) is 4.70. The van der Waals surface area contributed by atoms with Crippen molar-refractivity contribution in [3.05, 3.63) is 68.7 Å². The van der Waals surface area contributed by atoms with Gasteiger partial charge in [-0.3, -0.25) is 9.59 Å². The monoisotopic (exact) mass is 489 g/mol. The SMILES string of the molecule is O=C(NCc1ccc(F)c(Cl)c1)c1nc2ccc(F)c(OCCC3CC4CCC3O4)c2c(=O)[nH]1. The van der Waals surface area contributed by atoms with Gasteiger partial charge in [-0.05, 0) is 61.4 Å². The van der Waals surface area contributed by atoms with Gasteiger partial charge in [0.05, 0.1) is 29.4 Å². The van der Waals surface area contributed by atoms with Crippen molar-refractivity contribution in [1.82, 2.24) is 15.3 Å². The zero-order chi connectivity index (χ0) is 23.8. The van der Waals surface area contributed by atoms with Crippen LogP contribution in [0.2, 0.25) is 5.02 Å².